The Morgan fingerprint density at radius 2 is 1.58 bits per heavy atom. The summed E-state index contributed by atoms with van der Waals surface area (Å²) in [5.74, 6) is -0.0182. The summed E-state index contributed by atoms with van der Waals surface area (Å²) in [4.78, 5) is 12.3. The maximum atomic E-state index is 12.3. The molecule has 0 unspecified atom stereocenters. The molecule has 6 nitrogen and oxygen atoms in total. The van der Waals surface area contributed by atoms with E-state index in [4.69, 9.17) is 5.10 Å². The molecule has 0 aliphatic rings. The Kier molecular flexibility index (Phi) is 6.18. The lowest BCUT2D eigenvalue weighted by Crippen LogP contribution is -2.20. The van der Waals surface area contributed by atoms with Gasteiger partial charge in [0.25, 0.3) is 0 Å². The molecule has 0 aliphatic carbocycles. The zero-order valence-electron chi connectivity index (χ0n) is 16.8. The maximum absolute atomic E-state index is 12.3. The number of hydrogen-bond acceptors (Lipinski definition) is 4. The standard InChI is InChI=1S/C25H22N4O2/c30-22-13-11-19(12-14-22)18-26-27-25(31)15-16-29-24(21-9-5-2-6-10-21)17-23(28-29)20-7-3-1-4-8-20/h1-14,17-18,30H,15-16H2,(H,27,31)/b26-18-. The van der Waals surface area contributed by atoms with Gasteiger partial charge in [0.1, 0.15) is 5.75 Å². The SMILES string of the molecule is O=C(CCn1nc(-c2ccccc2)cc1-c1ccccc1)N/N=C\c1ccc(O)cc1. The van der Waals surface area contributed by atoms with Crippen LogP contribution in [0.2, 0.25) is 0 Å². The number of amides is 1. The number of carbonyl (C=O) groups excluding carboxylic acids is 1. The van der Waals surface area contributed by atoms with Gasteiger partial charge in [0.2, 0.25) is 5.91 Å². The van der Waals surface area contributed by atoms with Crippen molar-refractivity contribution in [1.29, 1.82) is 0 Å². The van der Waals surface area contributed by atoms with Gasteiger partial charge in [0, 0.05) is 12.0 Å². The molecule has 0 bridgehead atoms. The lowest BCUT2D eigenvalue weighted by atomic mass is 10.1. The van der Waals surface area contributed by atoms with Gasteiger partial charge in [-0.05, 0) is 41.5 Å². The summed E-state index contributed by atoms with van der Waals surface area (Å²) in [7, 11) is 0. The maximum Gasteiger partial charge on any atom is 0.241 e. The predicted molar refractivity (Wildman–Crippen MR) is 122 cm³/mol. The number of nitrogens with zero attached hydrogens (tertiary/aromatic N) is 3. The number of hydrogen-bond donors (Lipinski definition) is 2. The van der Waals surface area contributed by atoms with Gasteiger partial charge in [-0.25, -0.2) is 5.43 Å². The summed E-state index contributed by atoms with van der Waals surface area (Å²) in [6.07, 6.45) is 1.77. The van der Waals surface area contributed by atoms with Crippen molar-refractivity contribution in [2.75, 3.05) is 0 Å². The van der Waals surface area contributed by atoms with E-state index >= 15 is 0 Å². The Bertz CT molecular complexity index is 1170. The highest BCUT2D eigenvalue weighted by atomic mass is 16.3. The van der Waals surface area contributed by atoms with Crippen molar-refractivity contribution in [2.45, 2.75) is 13.0 Å². The number of benzene rings is 3. The highest BCUT2D eigenvalue weighted by molar-refractivity contribution is 5.82. The van der Waals surface area contributed by atoms with Gasteiger partial charge in [-0.2, -0.15) is 10.2 Å². The third-order valence-corrected chi connectivity index (χ3v) is 4.77. The average Bonchev–Trinajstić information content (AvgIpc) is 3.25. The number of aryl methyl sites for hydroxylation is 1. The van der Waals surface area contributed by atoms with Crippen LogP contribution in [-0.2, 0) is 11.3 Å². The molecule has 0 fully saturated rings. The van der Waals surface area contributed by atoms with E-state index in [1.54, 1.807) is 24.3 Å². The molecule has 0 atom stereocenters. The first-order valence-electron chi connectivity index (χ1n) is 9.99. The lowest BCUT2D eigenvalue weighted by molar-refractivity contribution is -0.121. The molecule has 4 aromatic rings. The highest BCUT2D eigenvalue weighted by Gasteiger charge is 2.12. The van der Waals surface area contributed by atoms with Gasteiger partial charge in [-0.15, -0.1) is 0 Å². The van der Waals surface area contributed by atoms with Gasteiger partial charge in [-0.3, -0.25) is 9.48 Å². The molecule has 2 N–H and O–H groups in total. The normalized spacial score (nSPS) is 11.0. The fourth-order valence-electron chi connectivity index (χ4n) is 3.18. The summed E-state index contributed by atoms with van der Waals surface area (Å²) in [5.41, 5.74) is 7.22. The van der Waals surface area contributed by atoms with Crippen molar-refractivity contribution in [3.63, 3.8) is 0 Å². The first-order valence-corrected chi connectivity index (χ1v) is 9.99. The molecule has 4 rings (SSSR count). The average molecular weight is 410 g/mol. The van der Waals surface area contributed by atoms with Crippen molar-refractivity contribution in [3.05, 3.63) is 96.6 Å². The number of phenols is 1. The van der Waals surface area contributed by atoms with E-state index in [9.17, 15) is 9.90 Å². The number of carbonyl (C=O) groups is 1. The number of rotatable bonds is 7. The molecule has 31 heavy (non-hydrogen) atoms. The quantitative estimate of drug-likeness (QED) is 0.349. The number of hydrazone groups is 1. The van der Waals surface area contributed by atoms with Crippen molar-refractivity contribution in [1.82, 2.24) is 15.2 Å². The zero-order chi connectivity index (χ0) is 21.5. The molecule has 3 aromatic carbocycles. The molecule has 0 aliphatic heterocycles. The second-order valence-corrected chi connectivity index (χ2v) is 7.00. The minimum absolute atomic E-state index is 0.185. The Morgan fingerprint density at radius 1 is 0.935 bits per heavy atom. The van der Waals surface area contributed by atoms with Crippen LogP contribution < -0.4 is 5.43 Å². The summed E-state index contributed by atoms with van der Waals surface area (Å²) in [6.45, 7) is 0.428. The van der Waals surface area contributed by atoms with Crippen molar-refractivity contribution in [3.8, 4) is 28.3 Å². The fraction of sp³-hybridized carbons (Fsp3) is 0.0800. The molecule has 0 radical (unpaired) electrons. The van der Waals surface area contributed by atoms with Gasteiger partial charge in [0.15, 0.2) is 0 Å². The number of aromatic nitrogens is 2. The van der Waals surface area contributed by atoms with E-state index in [0.717, 1.165) is 28.1 Å². The van der Waals surface area contributed by atoms with Crippen molar-refractivity contribution < 1.29 is 9.90 Å². The molecular formula is C25H22N4O2. The van der Waals surface area contributed by atoms with Crippen LogP contribution in [0.25, 0.3) is 22.5 Å². The van der Waals surface area contributed by atoms with E-state index in [0.29, 0.717) is 6.54 Å². The second kappa shape index (κ2) is 9.54. The van der Waals surface area contributed by atoms with E-state index in [2.05, 4.69) is 10.5 Å². The van der Waals surface area contributed by atoms with Crippen LogP contribution in [0.15, 0.2) is 96.1 Å². The summed E-state index contributed by atoms with van der Waals surface area (Å²) < 4.78 is 1.86. The molecule has 1 heterocycles. The molecule has 6 heteroatoms. The van der Waals surface area contributed by atoms with E-state index in [1.165, 1.54) is 6.21 Å². The number of aromatic hydroxyl groups is 1. The Labute approximate surface area is 180 Å². The molecule has 0 saturated heterocycles. The first-order chi connectivity index (χ1) is 15.2. The minimum Gasteiger partial charge on any atom is -0.508 e. The second-order valence-electron chi connectivity index (χ2n) is 7.00. The molecule has 1 aromatic heterocycles. The molecule has 0 saturated carbocycles. The Hall–Kier alpha value is -4.19. The smallest absolute Gasteiger partial charge is 0.241 e. The number of nitrogens with one attached hydrogen (secondary N) is 1. The molecule has 0 spiro atoms. The van der Waals surface area contributed by atoms with Crippen LogP contribution in [-0.4, -0.2) is 27.0 Å². The van der Waals surface area contributed by atoms with E-state index in [-0.39, 0.29) is 18.1 Å². The van der Waals surface area contributed by atoms with E-state index < -0.39 is 0 Å². The zero-order valence-corrected chi connectivity index (χ0v) is 16.8. The topological polar surface area (TPSA) is 79.5 Å². The van der Waals surface area contributed by atoms with Crippen molar-refractivity contribution >= 4 is 12.1 Å². The lowest BCUT2D eigenvalue weighted by Gasteiger charge is -2.07. The van der Waals surface area contributed by atoms with Gasteiger partial charge >= 0.3 is 0 Å². The van der Waals surface area contributed by atoms with Gasteiger partial charge in [-0.1, -0.05) is 60.7 Å². The third-order valence-electron chi connectivity index (χ3n) is 4.77. The van der Waals surface area contributed by atoms with Crippen LogP contribution in [0.4, 0.5) is 0 Å². The molecule has 1 amide bonds. The van der Waals surface area contributed by atoms with Gasteiger partial charge < -0.3 is 5.11 Å². The van der Waals surface area contributed by atoms with Crippen LogP contribution in [0.1, 0.15) is 12.0 Å². The van der Waals surface area contributed by atoms with Crippen molar-refractivity contribution in [2.24, 2.45) is 5.10 Å². The van der Waals surface area contributed by atoms with Gasteiger partial charge in [0.05, 0.1) is 24.1 Å². The summed E-state index contributed by atoms with van der Waals surface area (Å²) in [5, 5.41) is 18.0. The summed E-state index contributed by atoms with van der Waals surface area (Å²) >= 11 is 0. The van der Waals surface area contributed by atoms with Crippen LogP contribution >= 0.6 is 0 Å². The van der Waals surface area contributed by atoms with Crippen LogP contribution in [0.5, 0.6) is 5.75 Å². The monoisotopic (exact) mass is 410 g/mol. The summed E-state index contributed by atoms with van der Waals surface area (Å²) in [6, 6.07) is 28.6. The largest absolute Gasteiger partial charge is 0.508 e. The fourth-order valence-corrected chi connectivity index (χ4v) is 3.18. The van der Waals surface area contributed by atoms with E-state index in [1.807, 2.05) is 71.4 Å². The Balaban J connectivity index is 1.46. The predicted octanol–water partition coefficient (Wildman–Crippen LogP) is 4.46. The molecular weight excluding hydrogens is 388 g/mol. The minimum atomic E-state index is -0.203. The van der Waals surface area contributed by atoms with Crippen LogP contribution in [0, 0.1) is 0 Å². The molecule has 154 valence electrons. The number of phenolic OH excluding ortho intramolecular Hbond substituents is 1. The first kappa shape index (κ1) is 20.1. The highest BCUT2D eigenvalue weighted by Crippen LogP contribution is 2.26. The Morgan fingerprint density at radius 3 is 2.26 bits per heavy atom. The van der Waals surface area contributed by atoms with Crippen LogP contribution in [0.3, 0.4) is 0 Å². The third kappa shape index (κ3) is 5.25.